The highest BCUT2D eigenvalue weighted by molar-refractivity contribution is 7.80. The van der Waals surface area contributed by atoms with Crippen molar-refractivity contribution < 1.29 is 4.74 Å². The molecule has 0 spiro atoms. The first-order valence-corrected chi connectivity index (χ1v) is 5.19. The van der Waals surface area contributed by atoms with E-state index in [1.165, 1.54) is 12.8 Å². The summed E-state index contributed by atoms with van der Waals surface area (Å²) in [6, 6.07) is 7.81. The normalized spacial score (nSPS) is 10.0. The van der Waals surface area contributed by atoms with Crippen LogP contribution in [0.3, 0.4) is 0 Å². The van der Waals surface area contributed by atoms with Crippen LogP contribution in [-0.4, -0.2) is 6.61 Å². The minimum Gasteiger partial charge on any atom is -0.494 e. The lowest BCUT2D eigenvalue weighted by atomic mass is 10.3. The van der Waals surface area contributed by atoms with Crippen LogP contribution in [0.5, 0.6) is 5.75 Å². The maximum absolute atomic E-state index is 5.54. The molecule has 2 heteroatoms. The molecule has 0 aromatic heterocycles. The molecule has 1 aromatic carbocycles. The highest BCUT2D eigenvalue weighted by Gasteiger charge is 1.93. The Balaban J connectivity index is 2.28. The zero-order valence-corrected chi connectivity index (χ0v) is 8.89. The summed E-state index contributed by atoms with van der Waals surface area (Å²) in [5.41, 5.74) is 0. The molecule has 0 aliphatic rings. The number of rotatable bonds is 5. The van der Waals surface area contributed by atoms with E-state index in [0.717, 1.165) is 23.7 Å². The van der Waals surface area contributed by atoms with Gasteiger partial charge in [-0.05, 0) is 24.6 Å². The standard InChI is InChI=1S/C11H16OS/c1-2-3-4-8-12-10-6-5-7-11(13)9-10/h5-7,9,13H,2-4,8H2,1H3. The molecule has 1 rings (SSSR count). The van der Waals surface area contributed by atoms with Gasteiger partial charge in [-0.1, -0.05) is 25.8 Å². The molecule has 0 unspecified atom stereocenters. The number of benzene rings is 1. The summed E-state index contributed by atoms with van der Waals surface area (Å²) in [5, 5.41) is 0. The van der Waals surface area contributed by atoms with E-state index >= 15 is 0 Å². The molecule has 0 saturated carbocycles. The SMILES string of the molecule is CCCCCOc1cccc(S)c1. The van der Waals surface area contributed by atoms with Crippen molar-refractivity contribution in [2.24, 2.45) is 0 Å². The van der Waals surface area contributed by atoms with Crippen molar-refractivity contribution in [3.8, 4) is 5.75 Å². The van der Waals surface area contributed by atoms with Crippen molar-refractivity contribution in [3.05, 3.63) is 24.3 Å². The Kier molecular flexibility index (Phi) is 4.76. The van der Waals surface area contributed by atoms with Gasteiger partial charge in [-0.25, -0.2) is 0 Å². The van der Waals surface area contributed by atoms with Gasteiger partial charge in [-0.3, -0.25) is 0 Å². The summed E-state index contributed by atoms with van der Waals surface area (Å²) in [4.78, 5) is 0.952. The van der Waals surface area contributed by atoms with Gasteiger partial charge in [-0.2, -0.15) is 0 Å². The van der Waals surface area contributed by atoms with Crippen LogP contribution in [0.1, 0.15) is 26.2 Å². The molecule has 0 N–H and O–H groups in total. The van der Waals surface area contributed by atoms with Crippen molar-refractivity contribution in [1.82, 2.24) is 0 Å². The van der Waals surface area contributed by atoms with Crippen LogP contribution in [0.2, 0.25) is 0 Å². The van der Waals surface area contributed by atoms with E-state index in [1.54, 1.807) is 0 Å². The van der Waals surface area contributed by atoms with E-state index in [0.29, 0.717) is 0 Å². The Hall–Kier alpha value is -0.630. The van der Waals surface area contributed by atoms with Crippen LogP contribution in [-0.2, 0) is 0 Å². The molecule has 0 atom stereocenters. The van der Waals surface area contributed by atoms with Gasteiger partial charge in [0, 0.05) is 4.90 Å². The van der Waals surface area contributed by atoms with E-state index in [2.05, 4.69) is 19.6 Å². The molecule has 1 aromatic rings. The fraction of sp³-hybridized carbons (Fsp3) is 0.455. The van der Waals surface area contributed by atoms with Crippen molar-refractivity contribution >= 4 is 12.6 Å². The lowest BCUT2D eigenvalue weighted by Crippen LogP contribution is -1.96. The molecular formula is C11H16OS. The minimum atomic E-state index is 0.811. The Morgan fingerprint density at radius 3 is 2.85 bits per heavy atom. The average Bonchev–Trinajstić information content (AvgIpc) is 2.13. The topological polar surface area (TPSA) is 9.23 Å². The third-order valence-electron chi connectivity index (χ3n) is 1.83. The number of hydrogen-bond acceptors (Lipinski definition) is 2. The molecule has 0 heterocycles. The van der Waals surface area contributed by atoms with Crippen LogP contribution in [0.4, 0.5) is 0 Å². The van der Waals surface area contributed by atoms with Crippen molar-refractivity contribution in [2.45, 2.75) is 31.1 Å². The molecule has 13 heavy (non-hydrogen) atoms. The molecule has 1 nitrogen and oxygen atoms in total. The maximum Gasteiger partial charge on any atom is 0.120 e. The van der Waals surface area contributed by atoms with Crippen LogP contribution in [0.25, 0.3) is 0 Å². The van der Waals surface area contributed by atoms with Crippen LogP contribution >= 0.6 is 12.6 Å². The second kappa shape index (κ2) is 5.92. The molecule has 0 fully saturated rings. The molecule has 0 aliphatic carbocycles. The summed E-state index contributed by atoms with van der Waals surface area (Å²) in [6.07, 6.45) is 3.60. The lowest BCUT2D eigenvalue weighted by molar-refractivity contribution is 0.305. The van der Waals surface area contributed by atoms with Crippen molar-refractivity contribution in [2.75, 3.05) is 6.61 Å². The second-order valence-corrected chi connectivity index (χ2v) is 3.57. The largest absolute Gasteiger partial charge is 0.494 e. The summed E-state index contributed by atoms with van der Waals surface area (Å²) in [6.45, 7) is 3.00. The number of thiol groups is 1. The smallest absolute Gasteiger partial charge is 0.120 e. The summed E-state index contributed by atoms with van der Waals surface area (Å²) in [5.74, 6) is 0.920. The predicted molar refractivity (Wildman–Crippen MR) is 58.7 cm³/mol. The number of unbranched alkanes of at least 4 members (excludes halogenated alkanes) is 2. The van der Waals surface area contributed by atoms with Gasteiger partial charge in [0.25, 0.3) is 0 Å². The van der Waals surface area contributed by atoms with Gasteiger partial charge in [0.15, 0.2) is 0 Å². The third-order valence-corrected chi connectivity index (χ3v) is 2.11. The second-order valence-electron chi connectivity index (χ2n) is 3.05. The number of hydrogen-bond donors (Lipinski definition) is 1. The van der Waals surface area contributed by atoms with Gasteiger partial charge in [0.05, 0.1) is 6.61 Å². The molecule has 0 bridgehead atoms. The van der Waals surface area contributed by atoms with Crippen molar-refractivity contribution in [1.29, 1.82) is 0 Å². The fourth-order valence-electron chi connectivity index (χ4n) is 1.12. The Labute approximate surface area is 85.5 Å². The zero-order chi connectivity index (χ0) is 9.52. The molecule has 72 valence electrons. The fourth-order valence-corrected chi connectivity index (χ4v) is 1.33. The van der Waals surface area contributed by atoms with Gasteiger partial charge in [-0.15, -0.1) is 12.6 Å². The summed E-state index contributed by atoms with van der Waals surface area (Å²) >= 11 is 4.24. The van der Waals surface area contributed by atoms with E-state index < -0.39 is 0 Å². The van der Waals surface area contributed by atoms with Crippen LogP contribution in [0.15, 0.2) is 29.2 Å². The van der Waals surface area contributed by atoms with Gasteiger partial charge < -0.3 is 4.74 Å². The van der Waals surface area contributed by atoms with E-state index in [-0.39, 0.29) is 0 Å². The maximum atomic E-state index is 5.54. The first-order chi connectivity index (χ1) is 6.33. The first-order valence-electron chi connectivity index (χ1n) is 4.74. The third kappa shape index (κ3) is 4.23. The Bertz CT molecular complexity index is 248. The summed E-state index contributed by atoms with van der Waals surface area (Å²) in [7, 11) is 0. The highest BCUT2D eigenvalue weighted by atomic mass is 32.1. The minimum absolute atomic E-state index is 0.811. The van der Waals surface area contributed by atoms with Crippen LogP contribution in [0, 0.1) is 0 Å². The van der Waals surface area contributed by atoms with E-state index in [1.807, 2.05) is 24.3 Å². The van der Waals surface area contributed by atoms with Gasteiger partial charge in [0.2, 0.25) is 0 Å². The Morgan fingerprint density at radius 2 is 2.15 bits per heavy atom. The molecule has 0 amide bonds. The molecule has 0 aliphatic heterocycles. The van der Waals surface area contributed by atoms with Gasteiger partial charge in [0.1, 0.15) is 5.75 Å². The Morgan fingerprint density at radius 1 is 1.31 bits per heavy atom. The zero-order valence-electron chi connectivity index (χ0n) is 7.99. The molecule has 0 saturated heterocycles. The van der Waals surface area contributed by atoms with E-state index in [4.69, 9.17) is 4.74 Å². The van der Waals surface area contributed by atoms with Gasteiger partial charge >= 0.3 is 0 Å². The molecule has 0 radical (unpaired) electrons. The molecular weight excluding hydrogens is 180 g/mol. The highest BCUT2D eigenvalue weighted by Crippen LogP contribution is 2.15. The average molecular weight is 196 g/mol. The quantitative estimate of drug-likeness (QED) is 0.560. The lowest BCUT2D eigenvalue weighted by Gasteiger charge is -2.05. The number of ether oxygens (including phenoxy) is 1. The van der Waals surface area contributed by atoms with Crippen molar-refractivity contribution in [3.63, 3.8) is 0 Å². The van der Waals surface area contributed by atoms with E-state index in [9.17, 15) is 0 Å². The monoisotopic (exact) mass is 196 g/mol. The summed E-state index contributed by atoms with van der Waals surface area (Å²) < 4.78 is 5.54. The predicted octanol–water partition coefficient (Wildman–Crippen LogP) is 3.54. The van der Waals surface area contributed by atoms with Crippen LogP contribution < -0.4 is 4.74 Å². The first kappa shape index (κ1) is 10.5.